The van der Waals surface area contributed by atoms with Gasteiger partial charge in [-0.25, -0.2) is 14.2 Å². The summed E-state index contributed by atoms with van der Waals surface area (Å²) < 4.78 is 31.8. The highest BCUT2D eigenvalue weighted by Crippen LogP contribution is 2.53. The maximum atomic E-state index is 13.1. The van der Waals surface area contributed by atoms with Crippen molar-refractivity contribution in [1.82, 2.24) is 20.6 Å². The summed E-state index contributed by atoms with van der Waals surface area (Å²) in [6.07, 6.45) is 1.75. The molecule has 0 amide bonds. The third-order valence-corrected chi connectivity index (χ3v) is 5.41. The monoisotopic (exact) mass is 360 g/mol. The fraction of sp³-hybridized carbons (Fsp3) is 0.474. The summed E-state index contributed by atoms with van der Waals surface area (Å²) in [6.45, 7) is 3.89. The van der Waals surface area contributed by atoms with Gasteiger partial charge in [0.25, 0.3) is 12.3 Å². The molecule has 0 saturated heterocycles. The third kappa shape index (κ3) is 2.53. The highest BCUT2D eigenvalue weighted by molar-refractivity contribution is 5.44. The van der Waals surface area contributed by atoms with Gasteiger partial charge < -0.3 is 9.53 Å². The number of alkyl halides is 2. The number of halogens is 2. The molecule has 0 spiro atoms. The van der Waals surface area contributed by atoms with E-state index >= 15 is 0 Å². The van der Waals surface area contributed by atoms with E-state index in [0.29, 0.717) is 11.7 Å². The third-order valence-electron chi connectivity index (χ3n) is 5.41. The summed E-state index contributed by atoms with van der Waals surface area (Å²) in [4.78, 5) is 4.62. The standard InChI is InChI=1S/C19H22F2N4O/c1-4-12-7-5-6-8-13(12)19(9-10-19)16-22-17(26-23-16)18(2)11-14(15(20)21)25(3)24-18/h5-8,11,15,24H,4,9-10H2,1-3H3. The van der Waals surface area contributed by atoms with Crippen molar-refractivity contribution in [2.45, 2.75) is 50.5 Å². The lowest BCUT2D eigenvalue weighted by Crippen LogP contribution is -2.41. The first-order valence-corrected chi connectivity index (χ1v) is 8.85. The maximum absolute atomic E-state index is 13.1. The second-order valence-electron chi connectivity index (χ2n) is 7.26. The largest absolute Gasteiger partial charge is 0.337 e. The van der Waals surface area contributed by atoms with Crippen molar-refractivity contribution >= 4 is 0 Å². The molecule has 26 heavy (non-hydrogen) atoms. The van der Waals surface area contributed by atoms with Crippen LogP contribution in [0.2, 0.25) is 0 Å². The molecule has 0 radical (unpaired) electrons. The van der Waals surface area contributed by atoms with E-state index in [-0.39, 0.29) is 11.1 Å². The van der Waals surface area contributed by atoms with Crippen molar-refractivity contribution in [3.63, 3.8) is 0 Å². The Morgan fingerprint density at radius 3 is 2.65 bits per heavy atom. The van der Waals surface area contributed by atoms with Crippen molar-refractivity contribution in [1.29, 1.82) is 0 Å². The number of aryl methyl sites for hydroxylation is 1. The summed E-state index contributed by atoms with van der Waals surface area (Å²) >= 11 is 0. The Hall–Kier alpha value is -2.28. The van der Waals surface area contributed by atoms with Crippen molar-refractivity contribution in [2.75, 3.05) is 7.05 Å². The lowest BCUT2D eigenvalue weighted by molar-refractivity contribution is 0.127. The number of aromatic nitrogens is 2. The van der Waals surface area contributed by atoms with Crippen LogP contribution in [0, 0.1) is 0 Å². The van der Waals surface area contributed by atoms with Gasteiger partial charge in [-0.3, -0.25) is 0 Å². The fourth-order valence-corrected chi connectivity index (χ4v) is 3.82. The van der Waals surface area contributed by atoms with E-state index in [1.165, 1.54) is 22.2 Å². The Bertz CT molecular complexity index is 859. The van der Waals surface area contributed by atoms with Gasteiger partial charge in [0.1, 0.15) is 5.54 Å². The SMILES string of the molecule is CCc1ccccc1C1(c2noc(C3(C)C=C(C(F)F)N(C)N3)n2)CC1. The zero-order valence-corrected chi connectivity index (χ0v) is 15.1. The normalized spacial score (nSPS) is 24.2. The molecule has 0 bridgehead atoms. The molecule has 2 aromatic rings. The minimum Gasteiger partial charge on any atom is -0.337 e. The number of hydrogen-bond acceptors (Lipinski definition) is 5. The fourth-order valence-electron chi connectivity index (χ4n) is 3.82. The second kappa shape index (κ2) is 5.87. The number of allylic oxidation sites excluding steroid dienone is 1. The Balaban J connectivity index is 1.69. The van der Waals surface area contributed by atoms with Crippen LogP contribution in [0.3, 0.4) is 0 Å². The van der Waals surface area contributed by atoms with E-state index in [4.69, 9.17) is 4.52 Å². The maximum Gasteiger partial charge on any atom is 0.279 e. The van der Waals surface area contributed by atoms with Gasteiger partial charge in [-0.2, -0.15) is 4.98 Å². The number of hydrogen-bond donors (Lipinski definition) is 1. The Kier molecular flexibility index (Phi) is 3.87. The van der Waals surface area contributed by atoms with Gasteiger partial charge in [0, 0.05) is 7.05 Å². The molecule has 2 aliphatic rings. The Labute approximate surface area is 151 Å². The first-order valence-electron chi connectivity index (χ1n) is 8.85. The van der Waals surface area contributed by atoms with Crippen LogP contribution >= 0.6 is 0 Å². The molecule has 1 aromatic heterocycles. The number of nitrogens with one attached hydrogen (secondary N) is 1. The lowest BCUT2D eigenvalue weighted by atomic mass is 9.89. The first-order chi connectivity index (χ1) is 12.4. The Morgan fingerprint density at radius 2 is 2.04 bits per heavy atom. The molecule has 1 unspecified atom stereocenters. The van der Waals surface area contributed by atoms with Crippen LogP contribution in [-0.4, -0.2) is 28.6 Å². The zero-order valence-electron chi connectivity index (χ0n) is 15.1. The van der Waals surface area contributed by atoms with Gasteiger partial charge in [0.05, 0.1) is 11.1 Å². The molecule has 1 aliphatic heterocycles. The molecule has 1 atom stereocenters. The van der Waals surface area contributed by atoms with Gasteiger partial charge in [-0.1, -0.05) is 36.3 Å². The van der Waals surface area contributed by atoms with Crippen LogP contribution in [0.1, 0.15) is 49.5 Å². The Morgan fingerprint density at radius 1 is 1.31 bits per heavy atom. The van der Waals surface area contributed by atoms with E-state index in [1.54, 1.807) is 14.0 Å². The number of rotatable bonds is 5. The van der Waals surface area contributed by atoms with Crippen LogP contribution in [-0.2, 0) is 17.4 Å². The van der Waals surface area contributed by atoms with E-state index in [1.807, 2.05) is 12.1 Å². The predicted octanol–water partition coefficient (Wildman–Crippen LogP) is 3.53. The molecule has 5 nitrogen and oxygen atoms in total. The number of hydrazine groups is 1. The quantitative estimate of drug-likeness (QED) is 0.884. The van der Waals surface area contributed by atoms with Gasteiger partial charge in [-0.15, -0.1) is 0 Å². The van der Waals surface area contributed by atoms with Gasteiger partial charge in [-0.05, 0) is 43.4 Å². The average molecular weight is 360 g/mol. The molecule has 4 rings (SSSR count). The molecule has 1 saturated carbocycles. The van der Waals surface area contributed by atoms with E-state index < -0.39 is 12.0 Å². The van der Waals surface area contributed by atoms with Gasteiger partial charge in [0.2, 0.25) is 0 Å². The van der Waals surface area contributed by atoms with Crippen LogP contribution in [0.15, 0.2) is 40.6 Å². The second-order valence-corrected chi connectivity index (χ2v) is 7.26. The summed E-state index contributed by atoms with van der Waals surface area (Å²) in [5.74, 6) is 0.938. The molecule has 1 aromatic carbocycles. The summed E-state index contributed by atoms with van der Waals surface area (Å²) in [5.41, 5.74) is 4.26. The molecular weight excluding hydrogens is 338 g/mol. The topological polar surface area (TPSA) is 54.2 Å². The summed E-state index contributed by atoms with van der Waals surface area (Å²) in [5, 5.41) is 5.54. The van der Waals surface area contributed by atoms with E-state index in [2.05, 4.69) is 34.6 Å². The van der Waals surface area contributed by atoms with Crippen molar-refractivity contribution in [3.05, 3.63) is 58.9 Å². The zero-order chi connectivity index (χ0) is 18.5. The lowest BCUT2D eigenvalue weighted by Gasteiger charge is -2.22. The number of nitrogens with zero attached hydrogens (tertiary/aromatic N) is 3. The van der Waals surface area contributed by atoms with Gasteiger partial charge in [0.15, 0.2) is 5.82 Å². The molecule has 1 aliphatic carbocycles. The molecule has 138 valence electrons. The first kappa shape index (κ1) is 17.1. The van der Waals surface area contributed by atoms with Crippen LogP contribution in [0.4, 0.5) is 8.78 Å². The van der Waals surface area contributed by atoms with Crippen molar-refractivity contribution < 1.29 is 13.3 Å². The van der Waals surface area contributed by atoms with Crippen molar-refractivity contribution in [2.24, 2.45) is 0 Å². The van der Waals surface area contributed by atoms with Crippen LogP contribution < -0.4 is 5.43 Å². The minimum atomic E-state index is -2.57. The molecule has 1 N–H and O–H groups in total. The number of benzene rings is 1. The summed E-state index contributed by atoms with van der Waals surface area (Å²) in [7, 11) is 1.56. The van der Waals surface area contributed by atoms with Crippen molar-refractivity contribution in [3.8, 4) is 0 Å². The van der Waals surface area contributed by atoms with Crippen LogP contribution in [0.25, 0.3) is 0 Å². The van der Waals surface area contributed by atoms with Crippen LogP contribution in [0.5, 0.6) is 0 Å². The molecular formula is C19H22F2N4O. The molecule has 7 heteroatoms. The van der Waals surface area contributed by atoms with Gasteiger partial charge >= 0.3 is 0 Å². The smallest absolute Gasteiger partial charge is 0.279 e. The highest BCUT2D eigenvalue weighted by atomic mass is 19.3. The molecule has 1 fully saturated rings. The average Bonchev–Trinajstić information content (AvgIpc) is 3.13. The predicted molar refractivity (Wildman–Crippen MR) is 92.5 cm³/mol. The highest BCUT2D eigenvalue weighted by Gasteiger charge is 2.52. The minimum absolute atomic E-state index is 0.0929. The van der Waals surface area contributed by atoms with E-state index in [0.717, 1.165) is 19.3 Å². The summed E-state index contributed by atoms with van der Waals surface area (Å²) in [6, 6.07) is 8.32. The molecule has 2 heterocycles. The van der Waals surface area contributed by atoms with E-state index in [9.17, 15) is 8.78 Å².